The Balaban J connectivity index is 2.14. The normalized spacial score (nSPS) is 23.0. The smallest absolute Gasteiger partial charge is 0.0662 e. The van der Waals surface area contributed by atoms with Crippen LogP contribution < -0.4 is 5.32 Å². The summed E-state index contributed by atoms with van der Waals surface area (Å²) in [6.45, 7) is 2.54. The van der Waals surface area contributed by atoms with Gasteiger partial charge in [0.25, 0.3) is 0 Å². The zero-order valence-corrected chi connectivity index (χ0v) is 8.88. The van der Waals surface area contributed by atoms with Crippen LogP contribution >= 0.6 is 15.9 Å². The molecule has 13 heavy (non-hydrogen) atoms. The molecule has 1 atom stereocenters. The third-order valence-electron chi connectivity index (χ3n) is 2.17. The molecule has 1 N–H and O–H groups in total. The molecule has 0 amide bonds. The average Bonchev–Trinajstić information content (AvgIpc) is 2.19. The molecule has 0 saturated carbocycles. The standard InChI is InChI=1S/C10H12BrNO/c11-9-3-1-2-8(6-9)10-7-13-5-4-12-10/h1-3,6,10,12H,4-5,7H2. The fourth-order valence-electron chi connectivity index (χ4n) is 1.50. The largest absolute Gasteiger partial charge is 0.378 e. The van der Waals surface area contributed by atoms with Crippen LogP contribution in [0.25, 0.3) is 0 Å². The van der Waals surface area contributed by atoms with Crippen molar-refractivity contribution in [1.29, 1.82) is 0 Å². The predicted molar refractivity (Wildman–Crippen MR) is 55.7 cm³/mol. The van der Waals surface area contributed by atoms with Crippen LogP contribution in [0.4, 0.5) is 0 Å². The fourth-order valence-corrected chi connectivity index (χ4v) is 1.92. The second kappa shape index (κ2) is 4.22. The minimum absolute atomic E-state index is 0.353. The molecule has 0 spiro atoms. The summed E-state index contributed by atoms with van der Waals surface area (Å²) in [5, 5.41) is 3.42. The first-order valence-electron chi connectivity index (χ1n) is 4.43. The lowest BCUT2D eigenvalue weighted by Gasteiger charge is -2.24. The van der Waals surface area contributed by atoms with Crippen LogP contribution in [-0.2, 0) is 4.74 Å². The summed E-state index contributed by atoms with van der Waals surface area (Å²) < 4.78 is 6.52. The van der Waals surface area contributed by atoms with E-state index in [0.717, 1.165) is 24.2 Å². The van der Waals surface area contributed by atoms with Gasteiger partial charge in [-0.2, -0.15) is 0 Å². The summed E-state index contributed by atoms with van der Waals surface area (Å²) in [5.74, 6) is 0. The van der Waals surface area contributed by atoms with E-state index in [4.69, 9.17) is 4.74 Å². The molecule has 1 saturated heterocycles. The molecular weight excluding hydrogens is 230 g/mol. The second-order valence-corrected chi connectivity index (χ2v) is 4.05. The summed E-state index contributed by atoms with van der Waals surface area (Å²) in [6.07, 6.45) is 0. The topological polar surface area (TPSA) is 21.3 Å². The summed E-state index contributed by atoms with van der Waals surface area (Å²) >= 11 is 3.46. The number of halogens is 1. The van der Waals surface area contributed by atoms with Gasteiger partial charge in [-0.25, -0.2) is 0 Å². The van der Waals surface area contributed by atoms with E-state index in [9.17, 15) is 0 Å². The molecule has 0 aliphatic carbocycles. The van der Waals surface area contributed by atoms with Crippen molar-refractivity contribution >= 4 is 15.9 Å². The van der Waals surface area contributed by atoms with Gasteiger partial charge >= 0.3 is 0 Å². The molecule has 2 rings (SSSR count). The van der Waals surface area contributed by atoms with Crippen LogP contribution in [0.2, 0.25) is 0 Å². The third kappa shape index (κ3) is 2.30. The first kappa shape index (κ1) is 9.19. The van der Waals surface area contributed by atoms with Crippen molar-refractivity contribution in [3.05, 3.63) is 34.3 Å². The van der Waals surface area contributed by atoms with E-state index in [2.05, 4.69) is 39.4 Å². The molecule has 1 aromatic carbocycles. The molecule has 3 heteroatoms. The first-order valence-corrected chi connectivity index (χ1v) is 5.22. The Kier molecular flexibility index (Phi) is 2.98. The number of nitrogens with one attached hydrogen (secondary N) is 1. The number of benzene rings is 1. The van der Waals surface area contributed by atoms with Crippen molar-refractivity contribution in [2.24, 2.45) is 0 Å². The van der Waals surface area contributed by atoms with Crippen LogP contribution in [0, 0.1) is 0 Å². The Morgan fingerprint density at radius 2 is 2.38 bits per heavy atom. The molecule has 70 valence electrons. The Morgan fingerprint density at radius 3 is 3.08 bits per heavy atom. The van der Waals surface area contributed by atoms with Crippen molar-refractivity contribution in [2.75, 3.05) is 19.8 Å². The van der Waals surface area contributed by atoms with E-state index in [0.29, 0.717) is 6.04 Å². The first-order chi connectivity index (χ1) is 6.36. The van der Waals surface area contributed by atoms with Gasteiger partial charge in [-0.1, -0.05) is 28.1 Å². The predicted octanol–water partition coefficient (Wildman–Crippen LogP) is 2.11. The molecule has 1 aliphatic heterocycles. The maximum atomic E-state index is 5.40. The zero-order valence-electron chi connectivity index (χ0n) is 7.29. The van der Waals surface area contributed by atoms with Crippen molar-refractivity contribution in [1.82, 2.24) is 5.32 Å². The maximum absolute atomic E-state index is 5.40. The quantitative estimate of drug-likeness (QED) is 0.814. The highest BCUT2D eigenvalue weighted by molar-refractivity contribution is 9.10. The molecule has 2 nitrogen and oxygen atoms in total. The maximum Gasteiger partial charge on any atom is 0.0662 e. The molecule has 0 aromatic heterocycles. The average molecular weight is 242 g/mol. The second-order valence-electron chi connectivity index (χ2n) is 3.14. The highest BCUT2D eigenvalue weighted by atomic mass is 79.9. The summed E-state index contributed by atoms with van der Waals surface area (Å²) in [7, 11) is 0. The van der Waals surface area contributed by atoms with E-state index in [1.165, 1.54) is 5.56 Å². The SMILES string of the molecule is Brc1cccc(C2COCCN2)c1. The minimum Gasteiger partial charge on any atom is -0.378 e. The van der Waals surface area contributed by atoms with Crippen molar-refractivity contribution < 1.29 is 4.74 Å². The van der Waals surface area contributed by atoms with E-state index in [1.54, 1.807) is 0 Å². The Morgan fingerprint density at radius 1 is 1.46 bits per heavy atom. The lowest BCUT2D eigenvalue weighted by molar-refractivity contribution is 0.0769. The van der Waals surface area contributed by atoms with Crippen LogP contribution in [0.1, 0.15) is 11.6 Å². The fraction of sp³-hybridized carbons (Fsp3) is 0.400. The van der Waals surface area contributed by atoms with Gasteiger partial charge in [-0.05, 0) is 17.7 Å². The van der Waals surface area contributed by atoms with E-state index >= 15 is 0 Å². The third-order valence-corrected chi connectivity index (χ3v) is 2.67. The monoisotopic (exact) mass is 241 g/mol. The Bertz CT molecular complexity index is 284. The lowest BCUT2D eigenvalue weighted by Crippen LogP contribution is -2.34. The zero-order chi connectivity index (χ0) is 9.10. The van der Waals surface area contributed by atoms with Gasteiger partial charge < -0.3 is 10.1 Å². The number of rotatable bonds is 1. The summed E-state index contributed by atoms with van der Waals surface area (Å²) in [4.78, 5) is 0. The number of hydrogen-bond donors (Lipinski definition) is 1. The van der Waals surface area contributed by atoms with Gasteiger partial charge in [0.05, 0.1) is 19.3 Å². The molecule has 0 bridgehead atoms. The Labute approximate surface area is 86.4 Å². The molecule has 1 heterocycles. The van der Waals surface area contributed by atoms with E-state index < -0.39 is 0 Å². The molecule has 0 radical (unpaired) electrons. The van der Waals surface area contributed by atoms with Gasteiger partial charge in [0.15, 0.2) is 0 Å². The molecule has 1 unspecified atom stereocenters. The van der Waals surface area contributed by atoms with Gasteiger partial charge in [-0.15, -0.1) is 0 Å². The van der Waals surface area contributed by atoms with Crippen molar-refractivity contribution in [2.45, 2.75) is 6.04 Å². The molecular formula is C10H12BrNO. The number of morpholine rings is 1. The molecule has 1 aliphatic rings. The van der Waals surface area contributed by atoms with Crippen LogP contribution in [-0.4, -0.2) is 19.8 Å². The van der Waals surface area contributed by atoms with Crippen molar-refractivity contribution in [3.8, 4) is 0 Å². The van der Waals surface area contributed by atoms with E-state index in [-0.39, 0.29) is 0 Å². The van der Waals surface area contributed by atoms with Gasteiger partial charge in [0, 0.05) is 11.0 Å². The van der Waals surface area contributed by atoms with Gasteiger partial charge in [0.2, 0.25) is 0 Å². The minimum atomic E-state index is 0.353. The number of ether oxygens (including phenoxy) is 1. The summed E-state index contributed by atoms with van der Waals surface area (Å²) in [5.41, 5.74) is 1.29. The lowest BCUT2D eigenvalue weighted by atomic mass is 10.1. The van der Waals surface area contributed by atoms with Crippen LogP contribution in [0.15, 0.2) is 28.7 Å². The number of hydrogen-bond acceptors (Lipinski definition) is 2. The highest BCUT2D eigenvalue weighted by Crippen LogP contribution is 2.19. The Hall–Kier alpha value is -0.380. The van der Waals surface area contributed by atoms with Crippen LogP contribution in [0.3, 0.4) is 0 Å². The van der Waals surface area contributed by atoms with Crippen molar-refractivity contribution in [3.63, 3.8) is 0 Å². The van der Waals surface area contributed by atoms with Crippen LogP contribution in [0.5, 0.6) is 0 Å². The highest BCUT2D eigenvalue weighted by Gasteiger charge is 2.14. The van der Waals surface area contributed by atoms with Gasteiger partial charge in [0.1, 0.15) is 0 Å². The molecule has 1 aromatic rings. The molecule has 1 fully saturated rings. The van der Waals surface area contributed by atoms with E-state index in [1.807, 2.05) is 6.07 Å². The van der Waals surface area contributed by atoms with Gasteiger partial charge in [-0.3, -0.25) is 0 Å². The summed E-state index contributed by atoms with van der Waals surface area (Å²) in [6, 6.07) is 8.69.